The second-order valence-corrected chi connectivity index (χ2v) is 7.16. The number of aromatic nitrogens is 1. The molecule has 0 saturated carbocycles. The number of amides is 1. The van der Waals surface area contributed by atoms with E-state index in [1.54, 1.807) is 0 Å². The van der Waals surface area contributed by atoms with Gasteiger partial charge in [0.1, 0.15) is 0 Å². The third-order valence-electron chi connectivity index (χ3n) is 5.28. The van der Waals surface area contributed by atoms with Crippen LogP contribution in [0.2, 0.25) is 0 Å². The Morgan fingerprint density at radius 1 is 1.22 bits per heavy atom. The van der Waals surface area contributed by atoms with Crippen molar-refractivity contribution in [1.82, 2.24) is 9.88 Å². The van der Waals surface area contributed by atoms with Gasteiger partial charge in [-0.25, -0.2) is 0 Å². The van der Waals surface area contributed by atoms with Crippen molar-refractivity contribution in [3.8, 4) is 0 Å². The average Bonchev–Trinajstić information content (AvgIpc) is 3.19. The zero-order valence-electron chi connectivity index (χ0n) is 15.3. The maximum absolute atomic E-state index is 11.0. The molecule has 1 amide bonds. The second kappa shape index (κ2) is 6.93. The van der Waals surface area contributed by atoms with E-state index in [-0.39, 0.29) is 0 Å². The zero-order valence-corrected chi connectivity index (χ0v) is 15.3. The highest BCUT2D eigenvalue weighted by Gasteiger charge is 2.19. The third kappa shape index (κ3) is 3.46. The molecule has 1 aromatic heterocycles. The molecule has 4 N–H and O–H groups in total. The first-order valence-electron chi connectivity index (χ1n) is 9.12. The quantitative estimate of drug-likeness (QED) is 0.481. The number of H-pyrrole nitrogens is 1. The number of aliphatic hydroxyl groups excluding tert-OH is 1. The van der Waals surface area contributed by atoms with Crippen LogP contribution in [0.5, 0.6) is 0 Å². The summed E-state index contributed by atoms with van der Waals surface area (Å²) in [5, 5.41) is 10.9. The van der Waals surface area contributed by atoms with Crippen molar-refractivity contribution in [1.29, 1.82) is 0 Å². The number of aromatic amines is 1. The lowest BCUT2D eigenvalue weighted by molar-refractivity contribution is -0.116. The van der Waals surface area contributed by atoms with Gasteiger partial charge < -0.3 is 15.8 Å². The second-order valence-electron chi connectivity index (χ2n) is 7.16. The Bertz CT molecular complexity index is 1050. The summed E-state index contributed by atoms with van der Waals surface area (Å²) in [6.07, 6.45) is 2.42. The minimum atomic E-state index is -0.814. The van der Waals surface area contributed by atoms with Crippen molar-refractivity contribution in [3.63, 3.8) is 0 Å². The number of aryl methyl sites for hydroxylation is 1. The largest absolute Gasteiger partial charge is 0.503 e. The van der Waals surface area contributed by atoms with E-state index >= 15 is 0 Å². The van der Waals surface area contributed by atoms with Gasteiger partial charge in [-0.05, 0) is 53.8 Å². The lowest BCUT2D eigenvalue weighted by atomic mass is 10.1. The Hall–Kier alpha value is -3.05. The number of rotatable bonds is 5. The van der Waals surface area contributed by atoms with Gasteiger partial charge in [-0.3, -0.25) is 9.69 Å². The van der Waals surface area contributed by atoms with Gasteiger partial charge >= 0.3 is 0 Å². The van der Waals surface area contributed by atoms with Crippen LogP contribution < -0.4 is 5.73 Å². The highest BCUT2D eigenvalue weighted by molar-refractivity contribution is 5.94. The van der Waals surface area contributed by atoms with Crippen LogP contribution in [-0.4, -0.2) is 27.4 Å². The van der Waals surface area contributed by atoms with Crippen molar-refractivity contribution in [2.24, 2.45) is 5.73 Å². The van der Waals surface area contributed by atoms with E-state index in [2.05, 4.69) is 47.1 Å². The smallest absolute Gasteiger partial charge is 0.283 e. The van der Waals surface area contributed by atoms with E-state index in [1.807, 2.05) is 12.1 Å². The Kier molecular flexibility index (Phi) is 4.46. The number of para-hydroxylation sites is 1. The molecule has 0 spiro atoms. The average molecular weight is 361 g/mol. The van der Waals surface area contributed by atoms with E-state index in [0.29, 0.717) is 0 Å². The highest BCUT2D eigenvalue weighted by atomic mass is 16.3. The fourth-order valence-electron chi connectivity index (χ4n) is 3.89. The summed E-state index contributed by atoms with van der Waals surface area (Å²) >= 11 is 0. The number of aliphatic hydroxyl groups is 1. The van der Waals surface area contributed by atoms with Crippen molar-refractivity contribution in [2.75, 3.05) is 6.54 Å². The van der Waals surface area contributed by atoms with Crippen molar-refractivity contribution >= 4 is 22.9 Å². The normalized spacial score (nSPS) is 14.6. The van der Waals surface area contributed by atoms with Crippen molar-refractivity contribution < 1.29 is 9.90 Å². The molecule has 27 heavy (non-hydrogen) atoms. The molecule has 0 bridgehead atoms. The van der Waals surface area contributed by atoms with Crippen LogP contribution >= 0.6 is 0 Å². The van der Waals surface area contributed by atoms with Crippen molar-refractivity contribution in [2.45, 2.75) is 26.4 Å². The van der Waals surface area contributed by atoms with Crippen LogP contribution in [0.4, 0.5) is 0 Å². The summed E-state index contributed by atoms with van der Waals surface area (Å²) < 4.78 is 0. The van der Waals surface area contributed by atoms with Gasteiger partial charge in [-0.1, -0.05) is 30.3 Å². The van der Waals surface area contributed by atoms with Gasteiger partial charge in [0.15, 0.2) is 5.76 Å². The molecule has 0 radical (unpaired) electrons. The number of carbonyl (C=O) groups is 1. The molecule has 0 saturated heterocycles. The molecule has 3 aromatic rings. The van der Waals surface area contributed by atoms with Gasteiger partial charge in [-0.15, -0.1) is 0 Å². The monoisotopic (exact) mass is 361 g/mol. The molecule has 1 aliphatic heterocycles. The first-order valence-corrected chi connectivity index (χ1v) is 9.12. The predicted molar refractivity (Wildman–Crippen MR) is 107 cm³/mol. The SMILES string of the molecule is Cc1[nH]c2ccccc2c1CCN1Cc2ccc(C=C(O)C(N)=O)cc2C1. The third-order valence-corrected chi connectivity index (χ3v) is 5.28. The summed E-state index contributed by atoms with van der Waals surface area (Å²) in [5.74, 6) is -1.23. The topological polar surface area (TPSA) is 82.3 Å². The van der Waals surface area contributed by atoms with Gasteiger partial charge in [0.2, 0.25) is 0 Å². The summed E-state index contributed by atoms with van der Waals surface area (Å²) in [4.78, 5) is 16.9. The van der Waals surface area contributed by atoms with Crippen LogP contribution in [-0.2, 0) is 24.3 Å². The number of primary amides is 1. The molecule has 0 unspecified atom stereocenters. The van der Waals surface area contributed by atoms with E-state index < -0.39 is 11.7 Å². The predicted octanol–water partition coefficient (Wildman–Crippen LogP) is 3.42. The number of fused-ring (bicyclic) bond motifs is 2. The molecule has 0 aliphatic carbocycles. The van der Waals surface area contributed by atoms with Gasteiger partial charge in [0.25, 0.3) is 5.91 Å². The van der Waals surface area contributed by atoms with Crippen LogP contribution in [0.15, 0.2) is 48.2 Å². The Morgan fingerprint density at radius 3 is 2.81 bits per heavy atom. The molecule has 4 rings (SSSR count). The van der Waals surface area contributed by atoms with Gasteiger partial charge in [0, 0.05) is 36.2 Å². The van der Waals surface area contributed by atoms with Crippen molar-refractivity contribution in [3.05, 3.63) is 76.2 Å². The lowest BCUT2D eigenvalue weighted by Gasteiger charge is -2.14. The Balaban J connectivity index is 1.46. The standard InChI is InChI=1S/C22H23N3O2/c1-14-18(19-4-2-3-5-20(19)24-14)8-9-25-12-16-7-6-15(10-17(16)13-25)11-21(26)22(23)27/h2-7,10-11,24,26H,8-9,12-13H2,1H3,(H2,23,27). The molecule has 5 nitrogen and oxygen atoms in total. The summed E-state index contributed by atoms with van der Waals surface area (Å²) in [5.41, 5.74) is 12.2. The Labute approximate surface area is 158 Å². The first kappa shape index (κ1) is 17.4. The molecule has 1 aliphatic rings. The van der Waals surface area contributed by atoms with Gasteiger partial charge in [-0.2, -0.15) is 0 Å². The fraction of sp³-hybridized carbons (Fsp3) is 0.227. The van der Waals surface area contributed by atoms with Gasteiger partial charge in [0.05, 0.1) is 0 Å². The van der Waals surface area contributed by atoms with Crippen LogP contribution in [0.25, 0.3) is 17.0 Å². The number of nitrogens with one attached hydrogen (secondary N) is 1. The lowest BCUT2D eigenvalue weighted by Crippen LogP contribution is -2.19. The molecular formula is C22H23N3O2. The minimum Gasteiger partial charge on any atom is -0.503 e. The number of benzene rings is 2. The number of carbonyl (C=O) groups excluding carboxylic acids is 1. The fourth-order valence-corrected chi connectivity index (χ4v) is 3.89. The molecular weight excluding hydrogens is 338 g/mol. The molecule has 138 valence electrons. The van der Waals surface area contributed by atoms with Crippen LogP contribution in [0.1, 0.15) is 27.9 Å². The maximum atomic E-state index is 11.0. The highest BCUT2D eigenvalue weighted by Crippen LogP contribution is 2.27. The molecule has 2 heterocycles. The first-order chi connectivity index (χ1) is 13.0. The molecule has 5 heteroatoms. The summed E-state index contributed by atoms with van der Waals surface area (Å²) in [7, 11) is 0. The number of hydrogen-bond donors (Lipinski definition) is 3. The number of nitrogens with two attached hydrogens (primary N) is 1. The van der Waals surface area contributed by atoms with E-state index in [4.69, 9.17) is 5.73 Å². The number of nitrogens with zero attached hydrogens (tertiary/aromatic N) is 1. The maximum Gasteiger partial charge on any atom is 0.283 e. The molecule has 2 aromatic carbocycles. The Morgan fingerprint density at radius 2 is 2.00 bits per heavy atom. The van der Waals surface area contributed by atoms with Crippen LogP contribution in [0.3, 0.4) is 0 Å². The van der Waals surface area contributed by atoms with E-state index in [0.717, 1.165) is 31.6 Å². The molecule has 0 atom stereocenters. The van der Waals surface area contributed by atoms with Crippen LogP contribution in [0, 0.1) is 6.92 Å². The minimum absolute atomic E-state index is 0.417. The summed E-state index contributed by atoms with van der Waals surface area (Å²) in [6.45, 7) is 4.91. The zero-order chi connectivity index (χ0) is 19.0. The molecule has 0 fully saturated rings. The van der Waals surface area contributed by atoms with E-state index in [9.17, 15) is 9.90 Å². The van der Waals surface area contributed by atoms with E-state index in [1.165, 1.54) is 39.4 Å². The summed E-state index contributed by atoms with van der Waals surface area (Å²) in [6, 6.07) is 14.4. The number of hydrogen-bond acceptors (Lipinski definition) is 3.